The van der Waals surface area contributed by atoms with Crippen molar-refractivity contribution >= 4 is 15.7 Å². The molecule has 0 bridgehead atoms. The molecule has 112 valence electrons. The topological polar surface area (TPSA) is 93.4 Å². The molecule has 0 spiro atoms. The van der Waals surface area contributed by atoms with Gasteiger partial charge in [-0.25, -0.2) is 8.42 Å². The fraction of sp³-hybridized carbons (Fsp3) is 0.750. The zero-order valence-corrected chi connectivity index (χ0v) is 12.9. The van der Waals surface area contributed by atoms with Crippen molar-refractivity contribution in [3.63, 3.8) is 0 Å². The molecule has 0 N–H and O–H groups in total. The summed E-state index contributed by atoms with van der Waals surface area (Å²) in [6.07, 6.45) is 2.55. The second-order valence-electron chi connectivity index (χ2n) is 6.08. The van der Waals surface area contributed by atoms with E-state index in [1.165, 1.54) is 0 Å². The van der Waals surface area contributed by atoms with Gasteiger partial charge in [0.1, 0.15) is 6.04 Å². The van der Waals surface area contributed by atoms with Crippen LogP contribution < -0.4 is 0 Å². The molecule has 1 aliphatic heterocycles. The number of likely N-dealkylation sites (tertiary alicyclic amines) is 1. The summed E-state index contributed by atoms with van der Waals surface area (Å²) in [5.41, 5.74) is -0.498. The number of aromatic nitrogens is 2. The molecule has 1 amide bonds. The van der Waals surface area contributed by atoms with Gasteiger partial charge in [0, 0.05) is 18.2 Å². The molecule has 0 saturated carbocycles. The van der Waals surface area contributed by atoms with E-state index < -0.39 is 20.5 Å². The highest BCUT2D eigenvalue weighted by molar-refractivity contribution is 7.90. The van der Waals surface area contributed by atoms with Gasteiger partial charge in [0.15, 0.2) is 0 Å². The number of sulfone groups is 1. The quantitative estimate of drug-likeness (QED) is 0.814. The van der Waals surface area contributed by atoms with Gasteiger partial charge in [-0.3, -0.25) is 4.79 Å². The van der Waals surface area contributed by atoms with Crippen LogP contribution in [0.5, 0.6) is 0 Å². The van der Waals surface area contributed by atoms with Crippen LogP contribution in [0.3, 0.4) is 0 Å². The standard InChI is InChI=1S/C12H19N3O4S/c1-12(2,3)10(16)15-7-5-6-8(15)9-13-14-11(19-9)20(4,17)18/h8H,5-7H2,1-4H3/t8-/m0/s1. The Kier molecular flexibility index (Phi) is 3.62. The van der Waals surface area contributed by atoms with Crippen LogP contribution in [0.2, 0.25) is 0 Å². The lowest BCUT2D eigenvalue weighted by Gasteiger charge is -2.29. The molecule has 2 rings (SSSR count). The molecular weight excluding hydrogens is 282 g/mol. The summed E-state index contributed by atoms with van der Waals surface area (Å²) in [6, 6.07) is -0.329. The summed E-state index contributed by atoms with van der Waals surface area (Å²) in [5.74, 6) is 0.194. The predicted octanol–water partition coefficient (Wildman–Crippen LogP) is 1.18. The summed E-state index contributed by atoms with van der Waals surface area (Å²) in [5, 5.41) is 6.93. The fourth-order valence-corrected chi connectivity index (χ4v) is 2.63. The van der Waals surface area contributed by atoms with Gasteiger partial charge in [-0.1, -0.05) is 25.9 Å². The molecule has 1 aromatic rings. The van der Waals surface area contributed by atoms with Crippen LogP contribution in [0.4, 0.5) is 0 Å². The third-order valence-electron chi connectivity index (χ3n) is 3.18. The van der Waals surface area contributed by atoms with E-state index in [2.05, 4.69) is 10.2 Å². The number of hydrogen-bond donors (Lipinski definition) is 0. The normalized spacial score (nSPS) is 20.4. The molecule has 20 heavy (non-hydrogen) atoms. The van der Waals surface area contributed by atoms with Crippen LogP contribution in [0.1, 0.15) is 45.5 Å². The first-order valence-electron chi connectivity index (χ1n) is 6.45. The van der Waals surface area contributed by atoms with E-state index in [1.807, 2.05) is 20.8 Å². The molecule has 1 atom stereocenters. The number of nitrogens with zero attached hydrogens (tertiary/aromatic N) is 3. The van der Waals surface area contributed by atoms with Crippen molar-refractivity contribution in [3.8, 4) is 0 Å². The highest BCUT2D eigenvalue weighted by Gasteiger charge is 2.38. The van der Waals surface area contributed by atoms with E-state index in [0.717, 1.165) is 12.7 Å². The van der Waals surface area contributed by atoms with E-state index >= 15 is 0 Å². The summed E-state index contributed by atoms with van der Waals surface area (Å²) in [4.78, 5) is 14.1. The van der Waals surface area contributed by atoms with Gasteiger partial charge in [-0.2, -0.15) is 0 Å². The summed E-state index contributed by atoms with van der Waals surface area (Å²) in [6.45, 7) is 6.17. The van der Waals surface area contributed by atoms with Crippen molar-refractivity contribution in [1.29, 1.82) is 0 Å². The van der Waals surface area contributed by atoms with E-state index in [9.17, 15) is 13.2 Å². The molecule has 7 nitrogen and oxygen atoms in total. The highest BCUT2D eigenvalue weighted by Crippen LogP contribution is 2.34. The smallest absolute Gasteiger partial charge is 0.335 e. The van der Waals surface area contributed by atoms with Crippen molar-refractivity contribution in [2.45, 2.75) is 44.9 Å². The average Bonchev–Trinajstić information content (AvgIpc) is 2.94. The predicted molar refractivity (Wildman–Crippen MR) is 70.6 cm³/mol. The molecule has 8 heteroatoms. The minimum atomic E-state index is -3.52. The first kappa shape index (κ1) is 15.0. The number of carbonyl (C=O) groups is 1. The maximum Gasteiger partial charge on any atom is 0.335 e. The van der Waals surface area contributed by atoms with Crippen LogP contribution in [-0.4, -0.2) is 42.2 Å². The first-order chi connectivity index (χ1) is 9.10. The van der Waals surface area contributed by atoms with Gasteiger partial charge in [0.2, 0.25) is 21.6 Å². The molecule has 1 fully saturated rings. The Morgan fingerprint density at radius 2 is 2.00 bits per heavy atom. The van der Waals surface area contributed by atoms with E-state index in [4.69, 9.17) is 4.42 Å². The van der Waals surface area contributed by atoms with E-state index in [-0.39, 0.29) is 17.8 Å². The second-order valence-corrected chi connectivity index (χ2v) is 7.98. The van der Waals surface area contributed by atoms with Crippen molar-refractivity contribution in [3.05, 3.63) is 5.89 Å². The molecule has 2 heterocycles. The molecule has 1 saturated heterocycles. The van der Waals surface area contributed by atoms with Gasteiger partial charge in [0.25, 0.3) is 0 Å². The van der Waals surface area contributed by atoms with Crippen LogP contribution in [0.25, 0.3) is 0 Å². The van der Waals surface area contributed by atoms with Crippen LogP contribution >= 0.6 is 0 Å². The average molecular weight is 301 g/mol. The molecule has 0 radical (unpaired) electrons. The fourth-order valence-electron chi connectivity index (χ4n) is 2.20. The highest BCUT2D eigenvalue weighted by atomic mass is 32.2. The SMILES string of the molecule is CC(C)(C)C(=O)N1CCC[C@H]1c1nnc(S(C)(=O)=O)o1. The van der Waals surface area contributed by atoms with Gasteiger partial charge in [-0.15, -0.1) is 5.10 Å². The summed E-state index contributed by atoms with van der Waals surface area (Å²) < 4.78 is 27.9. The summed E-state index contributed by atoms with van der Waals surface area (Å²) in [7, 11) is -3.52. The zero-order chi connectivity index (χ0) is 15.1. The Bertz CT molecular complexity index is 615. The Balaban J connectivity index is 2.28. The zero-order valence-electron chi connectivity index (χ0n) is 12.1. The summed E-state index contributed by atoms with van der Waals surface area (Å²) >= 11 is 0. The molecule has 1 aromatic heterocycles. The lowest BCUT2D eigenvalue weighted by Crippen LogP contribution is -2.39. The first-order valence-corrected chi connectivity index (χ1v) is 8.34. The monoisotopic (exact) mass is 301 g/mol. The van der Waals surface area contributed by atoms with Crippen LogP contribution in [0.15, 0.2) is 9.64 Å². The van der Waals surface area contributed by atoms with Crippen molar-refractivity contribution in [1.82, 2.24) is 15.1 Å². The van der Waals surface area contributed by atoms with Crippen LogP contribution in [0, 0.1) is 5.41 Å². The van der Waals surface area contributed by atoms with Crippen molar-refractivity contribution in [2.75, 3.05) is 12.8 Å². The van der Waals surface area contributed by atoms with Gasteiger partial charge < -0.3 is 9.32 Å². The number of hydrogen-bond acceptors (Lipinski definition) is 6. The Labute approximate surface area is 118 Å². The van der Waals surface area contributed by atoms with Crippen molar-refractivity contribution < 1.29 is 17.6 Å². The second kappa shape index (κ2) is 4.83. The number of carbonyl (C=O) groups excluding carboxylic acids is 1. The number of rotatable bonds is 2. The van der Waals surface area contributed by atoms with Gasteiger partial charge in [-0.05, 0) is 12.8 Å². The minimum Gasteiger partial charge on any atom is -0.410 e. The van der Waals surface area contributed by atoms with Crippen molar-refractivity contribution in [2.24, 2.45) is 5.41 Å². The molecule has 1 aliphatic rings. The Morgan fingerprint density at radius 1 is 1.35 bits per heavy atom. The third-order valence-corrected chi connectivity index (χ3v) is 3.98. The Hall–Kier alpha value is -1.44. The third kappa shape index (κ3) is 2.84. The maximum absolute atomic E-state index is 12.4. The largest absolute Gasteiger partial charge is 0.410 e. The lowest BCUT2D eigenvalue weighted by atomic mass is 9.94. The molecule has 0 aromatic carbocycles. The molecule has 0 aliphatic carbocycles. The van der Waals surface area contributed by atoms with Gasteiger partial charge >= 0.3 is 5.22 Å². The van der Waals surface area contributed by atoms with E-state index in [0.29, 0.717) is 13.0 Å². The number of amides is 1. The maximum atomic E-state index is 12.4. The van der Waals surface area contributed by atoms with Gasteiger partial charge in [0.05, 0.1) is 0 Å². The lowest BCUT2D eigenvalue weighted by molar-refractivity contribution is -0.140. The molecule has 0 unspecified atom stereocenters. The van der Waals surface area contributed by atoms with Crippen LogP contribution in [-0.2, 0) is 14.6 Å². The minimum absolute atomic E-state index is 0.000828. The Morgan fingerprint density at radius 3 is 2.50 bits per heavy atom. The van der Waals surface area contributed by atoms with E-state index in [1.54, 1.807) is 4.90 Å². The molecular formula is C12H19N3O4S.